The number of nitrogens with one attached hydrogen (secondary N) is 1. The molecule has 0 radical (unpaired) electrons. The summed E-state index contributed by atoms with van der Waals surface area (Å²) < 4.78 is 42.2. The van der Waals surface area contributed by atoms with Crippen molar-refractivity contribution in [3.8, 4) is 5.82 Å². The number of pyridine rings is 1. The zero-order valence-corrected chi connectivity index (χ0v) is 16.2. The number of anilines is 1. The van der Waals surface area contributed by atoms with E-state index < -0.39 is 17.8 Å². The third kappa shape index (κ3) is 3.50. The number of fused-ring (bicyclic) bond motifs is 1. The fraction of sp³-hybridized carbons (Fsp3) is 0.158. The lowest BCUT2D eigenvalue weighted by molar-refractivity contribution is -0.141. The Labute approximate surface area is 173 Å². The molecule has 0 spiro atoms. The number of amides is 1. The minimum Gasteiger partial charge on any atom is -0.305 e. The third-order valence-electron chi connectivity index (χ3n) is 4.34. The van der Waals surface area contributed by atoms with Crippen molar-refractivity contribution in [1.82, 2.24) is 24.5 Å². The van der Waals surface area contributed by atoms with Crippen LogP contribution in [0.4, 0.5) is 19.0 Å². The number of nitrogens with zero attached hydrogens (tertiary/aromatic N) is 5. The number of benzene rings is 1. The number of alkyl halides is 3. The highest BCUT2D eigenvalue weighted by Crippen LogP contribution is 2.32. The van der Waals surface area contributed by atoms with Crippen molar-refractivity contribution >= 4 is 34.2 Å². The Morgan fingerprint density at radius 2 is 1.93 bits per heavy atom. The predicted molar refractivity (Wildman–Crippen MR) is 105 cm³/mol. The van der Waals surface area contributed by atoms with E-state index in [1.807, 2.05) is 6.92 Å². The van der Waals surface area contributed by atoms with Crippen molar-refractivity contribution in [3.63, 3.8) is 0 Å². The molecule has 0 aliphatic rings. The van der Waals surface area contributed by atoms with Crippen LogP contribution in [-0.4, -0.2) is 30.5 Å². The van der Waals surface area contributed by atoms with Gasteiger partial charge < -0.3 is 5.32 Å². The minimum absolute atomic E-state index is 0.0428. The van der Waals surface area contributed by atoms with Gasteiger partial charge in [-0.15, -0.1) is 0 Å². The Hall–Kier alpha value is -3.40. The smallest absolute Gasteiger partial charge is 0.305 e. The molecule has 4 aromatic rings. The Morgan fingerprint density at radius 3 is 2.63 bits per heavy atom. The predicted octanol–water partition coefficient (Wildman–Crippen LogP) is 4.56. The molecule has 0 atom stereocenters. The maximum atomic E-state index is 13.3. The summed E-state index contributed by atoms with van der Waals surface area (Å²) in [5.41, 5.74) is -0.364. The van der Waals surface area contributed by atoms with Gasteiger partial charge in [-0.25, -0.2) is 4.98 Å². The van der Waals surface area contributed by atoms with Crippen LogP contribution in [0.25, 0.3) is 16.7 Å². The van der Waals surface area contributed by atoms with Gasteiger partial charge in [0.1, 0.15) is 11.5 Å². The molecule has 0 bridgehead atoms. The van der Waals surface area contributed by atoms with Crippen LogP contribution in [0, 0.1) is 0 Å². The van der Waals surface area contributed by atoms with E-state index in [0.29, 0.717) is 17.4 Å². The number of hydrogen-bond acceptors (Lipinski definition) is 4. The first-order valence-corrected chi connectivity index (χ1v) is 9.22. The second kappa shape index (κ2) is 7.45. The lowest BCUT2D eigenvalue weighted by atomic mass is 10.2. The average molecular weight is 435 g/mol. The summed E-state index contributed by atoms with van der Waals surface area (Å²) in [6.07, 6.45) is -3.36. The zero-order valence-electron chi connectivity index (χ0n) is 15.5. The summed E-state index contributed by atoms with van der Waals surface area (Å²) in [6.45, 7) is 2.21. The fourth-order valence-electron chi connectivity index (χ4n) is 3.03. The molecule has 3 heterocycles. The average Bonchev–Trinajstić information content (AvgIpc) is 3.29. The van der Waals surface area contributed by atoms with E-state index in [1.165, 1.54) is 23.0 Å². The molecule has 1 N–H and O–H groups in total. The standard InChI is InChI=1S/C19H14ClF3N6O/c1-2-28-16(11-6-3-4-8-13(11)26-28)18(30)25-15-10-14(19(21,22)23)27-29(15)17-12(20)7-5-9-24-17/h3-10H,2H2,1H3,(H,25,30). The Balaban J connectivity index is 1.81. The second-order valence-corrected chi connectivity index (χ2v) is 6.68. The molecule has 30 heavy (non-hydrogen) atoms. The van der Waals surface area contributed by atoms with Crippen LogP contribution >= 0.6 is 11.6 Å². The molecule has 0 unspecified atom stereocenters. The zero-order chi connectivity index (χ0) is 21.5. The number of carbonyl (C=O) groups excluding carboxylic acids is 1. The van der Waals surface area contributed by atoms with E-state index in [1.54, 1.807) is 24.3 Å². The van der Waals surface area contributed by atoms with Crippen molar-refractivity contribution in [3.05, 3.63) is 65.1 Å². The van der Waals surface area contributed by atoms with Gasteiger partial charge in [0.2, 0.25) is 0 Å². The fourth-order valence-corrected chi connectivity index (χ4v) is 3.23. The van der Waals surface area contributed by atoms with E-state index >= 15 is 0 Å². The van der Waals surface area contributed by atoms with Gasteiger partial charge in [0, 0.05) is 24.2 Å². The van der Waals surface area contributed by atoms with Crippen molar-refractivity contribution in [2.75, 3.05) is 5.32 Å². The van der Waals surface area contributed by atoms with Gasteiger partial charge in [-0.05, 0) is 25.1 Å². The topological polar surface area (TPSA) is 77.6 Å². The number of halogens is 4. The summed E-state index contributed by atoms with van der Waals surface area (Å²) in [6, 6.07) is 10.7. The van der Waals surface area contributed by atoms with Crippen molar-refractivity contribution < 1.29 is 18.0 Å². The van der Waals surface area contributed by atoms with Crippen molar-refractivity contribution in [2.45, 2.75) is 19.6 Å². The molecule has 0 fully saturated rings. The van der Waals surface area contributed by atoms with Gasteiger partial charge in [0.25, 0.3) is 5.91 Å². The summed E-state index contributed by atoms with van der Waals surface area (Å²) in [4.78, 5) is 17.0. The first-order valence-electron chi connectivity index (χ1n) is 8.84. The van der Waals surface area contributed by atoms with Gasteiger partial charge in [0.15, 0.2) is 11.5 Å². The van der Waals surface area contributed by atoms with Crippen LogP contribution in [0.2, 0.25) is 5.02 Å². The minimum atomic E-state index is -4.72. The molecule has 3 aromatic heterocycles. The van der Waals surface area contributed by atoms with Crippen LogP contribution in [0.5, 0.6) is 0 Å². The highest BCUT2D eigenvalue weighted by molar-refractivity contribution is 6.32. The summed E-state index contributed by atoms with van der Waals surface area (Å²) in [5.74, 6) is -0.896. The maximum Gasteiger partial charge on any atom is 0.435 e. The van der Waals surface area contributed by atoms with Crippen LogP contribution in [0.1, 0.15) is 23.1 Å². The molecule has 0 saturated carbocycles. The Bertz CT molecular complexity index is 1250. The maximum absolute atomic E-state index is 13.3. The molecule has 1 aromatic carbocycles. The molecule has 7 nitrogen and oxygen atoms in total. The van der Waals surface area contributed by atoms with Crippen LogP contribution in [0.15, 0.2) is 48.7 Å². The number of aromatic nitrogens is 5. The molecule has 0 aliphatic carbocycles. The first-order chi connectivity index (χ1) is 14.3. The monoisotopic (exact) mass is 434 g/mol. The lowest BCUT2D eigenvalue weighted by Gasteiger charge is -2.10. The highest BCUT2D eigenvalue weighted by Gasteiger charge is 2.36. The van der Waals surface area contributed by atoms with Gasteiger partial charge in [-0.2, -0.15) is 28.1 Å². The van der Waals surface area contributed by atoms with E-state index in [0.717, 1.165) is 10.7 Å². The van der Waals surface area contributed by atoms with E-state index in [-0.39, 0.29) is 22.4 Å². The molecule has 11 heteroatoms. The van der Waals surface area contributed by atoms with Gasteiger partial charge >= 0.3 is 6.18 Å². The normalized spacial score (nSPS) is 11.8. The Morgan fingerprint density at radius 1 is 1.17 bits per heavy atom. The lowest BCUT2D eigenvalue weighted by Crippen LogP contribution is -2.19. The molecular formula is C19H14ClF3N6O. The van der Waals surface area contributed by atoms with E-state index in [9.17, 15) is 18.0 Å². The van der Waals surface area contributed by atoms with Crippen molar-refractivity contribution in [1.29, 1.82) is 0 Å². The number of rotatable bonds is 4. The number of aryl methyl sites for hydroxylation is 1. The van der Waals surface area contributed by atoms with E-state index in [4.69, 9.17) is 11.6 Å². The largest absolute Gasteiger partial charge is 0.435 e. The Kier molecular flexibility index (Phi) is 4.94. The van der Waals surface area contributed by atoms with Crippen LogP contribution < -0.4 is 5.32 Å². The molecule has 0 saturated heterocycles. The van der Waals surface area contributed by atoms with Gasteiger partial charge in [-0.1, -0.05) is 29.8 Å². The van der Waals surface area contributed by atoms with Crippen LogP contribution in [0.3, 0.4) is 0 Å². The van der Waals surface area contributed by atoms with E-state index in [2.05, 4.69) is 20.5 Å². The molecule has 1 amide bonds. The molecule has 4 rings (SSSR count). The summed E-state index contributed by atoms with van der Waals surface area (Å²) >= 11 is 6.08. The third-order valence-corrected chi connectivity index (χ3v) is 4.64. The van der Waals surface area contributed by atoms with Crippen LogP contribution in [-0.2, 0) is 12.7 Å². The molecular weight excluding hydrogens is 421 g/mol. The summed E-state index contributed by atoms with van der Waals surface area (Å²) in [5, 5.41) is 11.1. The number of carbonyl (C=O) groups is 1. The SMILES string of the molecule is CCn1nc2ccccc2c1C(=O)Nc1cc(C(F)(F)F)nn1-c1ncccc1Cl. The second-order valence-electron chi connectivity index (χ2n) is 6.27. The molecule has 154 valence electrons. The molecule has 0 aliphatic heterocycles. The first kappa shape index (κ1) is 19.9. The van der Waals surface area contributed by atoms with Gasteiger partial charge in [0.05, 0.1) is 10.5 Å². The number of hydrogen-bond donors (Lipinski definition) is 1. The quantitative estimate of drug-likeness (QED) is 0.510. The highest BCUT2D eigenvalue weighted by atomic mass is 35.5. The van der Waals surface area contributed by atoms with Gasteiger partial charge in [-0.3, -0.25) is 9.48 Å². The summed E-state index contributed by atoms with van der Waals surface area (Å²) in [7, 11) is 0. The van der Waals surface area contributed by atoms with Crippen molar-refractivity contribution in [2.24, 2.45) is 0 Å².